The van der Waals surface area contributed by atoms with Gasteiger partial charge in [-0.3, -0.25) is 13.9 Å². The predicted octanol–water partition coefficient (Wildman–Crippen LogP) is 2.41. The molecule has 0 saturated carbocycles. The van der Waals surface area contributed by atoms with Crippen molar-refractivity contribution >= 4 is 22.8 Å². The van der Waals surface area contributed by atoms with E-state index in [4.69, 9.17) is 9.72 Å². The maximum absolute atomic E-state index is 13.4. The van der Waals surface area contributed by atoms with Crippen molar-refractivity contribution in [1.82, 2.24) is 18.7 Å². The lowest BCUT2D eigenvalue weighted by molar-refractivity contribution is 0.415. The quantitative estimate of drug-likeness (QED) is 0.510. The minimum atomic E-state index is -0.376. The van der Waals surface area contributed by atoms with Gasteiger partial charge < -0.3 is 14.2 Å². The zero-order valence-electron chi connectivity index (χ0n) is 17.7. The van der Waals surface area contributed by atoms with Crippen LogP contribution >= 0.6 is 0 Å². The fourth-order valence-corrected chi connectivity index (χ4v) is 4.17. The Morgan fingerprint density at radius 2 is 1.77 bits per heavy atom. The molecular weight excluding hydrogens is 394 g/mol. The minimum Gasteiger partial charge on any atom is -0.495 e. The van der Waals surface area contributed by atoms with Crippen molar-refractivity contribution in [1.29, 1.82) is 0 Å². The zero-order chi connectivity index (χ0) is 21.7. The topological polar surface area (TPSA) is 74.3 Å². The first kappa shape index (κ1) is 19.2. The molecule has 0 radical (unpaired) electrons. The molecule has 0 N–H and O–H groups in total. The number of benzene rings is 2. The van der Waals surface area contributed by atoms with Crippen molar-refractivity contribution in [3.63, 3.8) is 0 Å². The Morgan fingerprint density at radius 3 is 2.52 bits per heavy atom. The Balaban J connectivity index is 1.67. The van der Waals surface area contributed by atoms with Crippen molar-refractivity contribution in [3.05, 3.63) is 80.5 Å². The molecular formula is C23H23N5O3. The largest absolute Gasteiger partial charge is 0.495 e. The Bertz CT molecular complexity index is 1410. The number of nitrogens with zero attached hydrogens (tertiary/aromatic N) is 5. The van der Waals surface area contributed by atoms with Crippen molar-refractivity contribution in [3.8, 4) is 5.75 Å². The highest BCUT2D eigenvalue weighted by Crippen LogP contribution is 2.36. The summed E-state index contributed by atoms with van der Waals surface area (Å²) < 4.78 is 10.1. The van der Waals surface area contributed by atoms with Gasteiger partial charge in [0.1, 0.15) is 5.75 Å². The lowest BCUT2D eigenvalue weighted by Gasteiger charge is -2.18. The van der Waals surface area contributed by atoms with Crippen LogP contribution in [0.25, 0.3) is 11.2 Å². The summed E-state index contributed by atoms with van der Waals surface area (Å²) in [6.45, 7) is 3.49. The molecule has 0 bridgehead atoms. The third kappa shape index (κ3) is 2.94. The van der Waals surface area contributed by atoms with Gasteiger partial charge in [0.2, 0.25) is 5.95 Å². The fourth-order valence-electron chi connectivity index (χ4n) is 4.17. The van der Waals surface area contributed by atoms with E-state index < -0.39 is 0 Å². The SMILES string of the molecule is COc1ccccc1N1CCn2c1nc1c2c(=O)n(Cc2ccc(C)cc2)c(=O)n1C. The molecule has 0 aliphatic carbocycles. The fraction of sp³-hybridized carbons (Fsp3) is 0.261. The van der Waals surface area contributed by atoms with E-state index in [0.29, 0.717) is 30.2 Å². The zero-order valence-corrected chi connectivity index (χ0v) is 17.7. The summed E-state index contributed by atoms with van der Waals surface area (Å²) in [4.78, 5) is 33.1. The molecule has 0 fully saturated rings. The Labute approximate surface area is 178 Å². The van der Waals surface area contributed by atoms with Crippen LogP contribution in [0.15, 0.2) is 58.1 Å². The van der Waals surface area contributed by atoms with E-state index in [2.05, 4.69) is 0 Å². The number of methoxy groups -OCH3 is 1. The van der Waals surface area contributed by atoms with E-state index in [-0.39, 0.29) is 17.8 Å². The number of anilines is 2. The molecule has 0 atom stereocenters. The third-order valence-electron chi connectivity index (χ3n) is 5.84. The summed E-state index contributed by atoms with van der Waals surface area (Å²) in [6, 6.07) is 15.5. The van der Waals surface area contributed by atoms with Crippen LogP contribution in [0.1, 0.15) is 11.1 Å². The van der Waals surface area contributed by atoms with Crippen LogP contribution in [0.4, 0.5) is 11.6 Å². The summed E-state index contributed by atoms with van der Waals surface area (Å²) in [5.74, 6) is 1.37. The average Bonchev–Trinajstić information content (AvgIpc) is 3.36. The summed E-state index contributed by atoms with van der Waals surface area (Å²) >= 11 is 0. The van der Waals surface area contributed by atoms with Crippen molar-refractivity contribution in [2.24, 2.45) is 7.05 Å². The van der Waals surface area contributed by atoms with Crippen molar-refractivity contribution in [2.45, 2.75) is 20.0 Å². The van der Waals surface area contributed by atoms with Gasteiger partial charge in [-0.25, -0.2) is 4.79 Å². The molecule has 158 valence electrons. The van der Waals surface area contributed by atoms with Crippen LogP contribution in [-0.4, -0.2) is 32.3 Å². The average molecular weight is 417 g/mol. The molecule has 3 heterocycles. The first-order chi connectivity index (χ1) is 15.0. The lowest BCUT2D eigenvalue weighted by atomic mass is 10.1. The van der Waals surface area contributed by atoms with Gasteiger partial charge in [0.15, 0.2) is 11.2 Å². The number of hydrogen-bond acceptors (Lipinski definition) is 5. The molecule has 0 saturated heterocycles. The highest BCUT2D eigenvalue weighted by Gasteiger charge is 2.30. The molecule has 0 spiro atoms. The first-order valence-electron chi connectivity index (χ1n) is 10.2. The number of aryl methyl sites for hydroxylation is 2. The Hall–Kier alpha value is -3.81. The maximum Gasteiger partial charge on any atom is 0.332 e. The normalized spacial score (nSPS) is 13.1. The van der Waals surface area contributed by atoms with Crippen LogP contribution in [-0.2, 0) is 20.1 Å². The van der Waals surface area contributed by atoms with Gasteiger partial charge >= 0.3 is 5.69 Å². The second-order valence-electron chi connectivity index (χ2n) is 7.78. The molecule has 2 aromatic carbocycles. The number of fused-ring (bicyclic) bond motifs is 3. The van der Waals surface area contributed by atoms with Crippen LogP contribution in [0, 0.1) is 6.92 Å². The Kier molecular flexibility index (Phi) is 4.43. The van der Waals surface area contributed by atoms with Crippen molar-refractivity contribution < 1.29 is 4.74 Å². The molecule has 2 aromatic heterocycles. The standard InChI is InChI=1S/C23H23N5O3/c1-15-8-10-16(11-9-15)14-28-21(29)19-20(25(2)23(28)30)24-22-26(12-13-27(19)22)17-6-4-5-7-18(17)31-3/h4-11H,12-14H2,1-3H3. The molecule has 1 aliphatic rings. The highest BCUT2D eigenvalue weighted by molar-refractivity contribution is 5.79. The summed E-state index contributed by atoms with van der Waals surface area (Å²) in [6.07, 6.45) is 0. The second-order valence-corrected chi connectivity index (χ2v) is 7.78. The number of hydrogen-bond donors (Lipinski definition) is 0. The minimum absolute atomic E-state index is 0.221. The maximum atomic E-state index is 13.4. The molecule has 1 aliphatic heterocycles. The number of ether oxygens (including phenoxy) is 1. The van der Waals surface area contributed by atoms with E-state index in [1.165, 1.54) is 9.13 Å². The van der Waals surface area contributed by atoms with Gasteiger partial charge in [-0.05, 0) is 24.6 Å². The van der Waals surface area contributed by atoms with E-state index in [9.17, 15) is 9.59 Å². The van der Waals surface area contributed by atoms with Crippen molar-refractivity contribution in [2.75, 3.05) is 18.6 Å². The Morgan fingerprint density at radius 1 is 1.03 bits per heavy atom. The number of imidazole rings is 1. The number of para-hydroxylation sites is 2. The monoisotopic (exact) mass is 417 g/mol. The molecule has 5 rings (SSSR count). The van der Waals surface area contributed by atoms with E-state index in [1.807, 2.05) is 64.9 Å². The van der Waals surface area contributed by atoms with Gasteiger partial charge in [0.05, 0.1) is 19.3 Å². The molecule has 4 aromatic rings. The highest BCUT2D eigenvalue weighted by atomic mass is 16.5. The molecule has 0 unspecified atom stereocenters. The van der Waals surface area contributed by atoms with Gasteiger partial charge in [-0.2, -0.15) is 4.98 Å². The molecule has 8 nitrogen and oxygen atoms in total. The molecule has 31 heavy (non-hydrogen) atoms. The van der Waals surface area contributed by atoms with Gasteiger partial charge in [0, 0.05) is 20.1 Å². The second kappa shape index (κ2) is 7.16. The van der Waals surface area contributed by atoms with Crippen LogP contribution in [0.3, 0.4) is 0 Å². The van der Waals surface area contributed by atoms with E-state index >= 15 is 0 Å². The summed E-state index contributed by atoms with van der Waals surface area (Å²) in [7, 11) is 3.29. The summed E-state index contributed by atoms with van der Waals surface area (Å²) in [5, 5.41) is 0. The molecule has 8 heteroatoms. The number of rotatable bonds is 4. The first-order valence-corrected chi connectivity index (χ1v) is 10.2. The lowest BCUT2D eigenvalue weighted by Crippen LogP contribution is -2.40. The predicted molar refractivity (Wildman–Crippen MR) is 120 cm³/mol. The molecule has 0 amide bonds. The van der Waals surface area contributed by atoms with Gasteiger partial charge in [0.25, 0.3) is 5.56 Å². The summed E-state index contributed by atoms with van der Waals surface area (Å²) in [5.41, 5.74) is 3.05. The van der Waals surface area contributed by atoms with Gasteiger partial charge in [-0.15, -0.1) is 0 Å². The number of aromatic nitrogens is 4. The van der Waals surface area contributed by atoms with E-state index in [0.717, 1.165) is 22.6 Å². The van der Waals surface area contributed by atoms with Crippen LogP contribution in [0.5, 0.6) is 5.75 Å². The van der Waals surface area contributed by atoms with Crippen LogP contribution < -0.4 is 20.9 Å². The van der Waals surface area contributed by atoms with E-state index in [1.54, 1.807) is 14.2 Å². The van der Waals surface area contributed by atoms with Gasteiger partial charge in [-0.1, -0.05) is 42.0 Å². The third-order valence-corrected chi connectivity index (χ3v) is 5.84. The van der Waals surface area contributed by atoms with Crippen LogP contribution in [0.2, 0.25) is 0 Å². The smallest absolute Gasteiger partial charge is 0.332 e.